The van der Waals surface area contributed by atoms with Crippen molar-refractivity contribution < 1.29 is 33.1 Å². The van der Waals surface area contributed by atoms with Crippen molar-refractivity contribution in [2.24, 2.45) is 17.3 Å². The number of aliphatic hydroxyl groups is 1. The van der Waals surface area contributed by atoms with E-state index in [9.17, 15) is 15.0 Å². The number of hydrogen-bond donors (Lipinski definition) is 2. The van der Waals surface area contributed by atoms with Gasteiger partial charge in [0.05, 0.1) is 11.5 Å². The number of rotatable bonds is 19. The first kappa shape index (κ1) is 45.8. The SMILES string of the molecule is C=CC[C@@H](C(=O)C(C)(C)[C@H](O[Si](C)(C)C(C)(C)C)C(O)(C(=O)O)c1ccc2oc(C)nc2c1)[C@@H](O[Si](C)(C)C(C)(C)C)[C@@H](C)CCCC(C)=CCC. The Morgan fingerprint density at radius 1 is 1.00 bits per heavy atom. The highest BCUT2D eigenvalue weighted by atomic mass is 28.4. The minimum atomic E-state index is -2.82. The van der Waals surface area contributed by atoms with Crippen molar-refractivity contribution in [1.82, 2.24) is 4.98 Å². The van der Waals surface area contributed by atoms with Crippen LogP contribution < -0.4 is 0 Å². The number of ketones is 1. The second-order valence-electron chi connectivity index (χ2n) is 18.6. The van der Waals surface area contributed by atoms with Gasteiger partial charge < -0.3 is 23.5 Å². The number of fused-ring (bicyclic) bond motifs is 1. The van der Waals surface area contributed by atoms with E-state index in [0.717, 1.165) is 25.7 Å². The number of aliphatic carboxylic acids is 1. The van der Waals surface area contributed by atoms with Gasteiger partial charge in [-0.05, 0) is 98.9 Å². The Labute approximate surface area is 317 Å². The predicted molar refractivity (Wildman–Crippen MR) is 219 cm³/mol. The summed E-state index contributed by atoms with van der Waals surface area (Å²) in [5.74, 6) is -1.94. The van der Waals surface area contributed by atoms with Crippen molar-refractivity contribution in [3.63, 3.8) is 0 Å². The molecule has 0 aliphatic rings. The van der Waals surface area contributed by atoms with Gasteiger partial charge in [-0.2, -0.15) is 0 Å². The standard InChI is InChI=1S/C42H71NO7Si2/c1-18-21-28(3)23-20-24-29(4)35(49-51(14,15)39(6,7)8)32(22-19-2)36(44)41(12,13)37(50-52(16,17)40(9,10)11)42(47,38(45)46)31-25-26-34-33(27-31)43-30(5)48-34/h19,21,25-27,29,32,35,37,47H,2,18,20,22-24H2,1,3-17H3,(H,45,46)/t29-,32+,35-,37-,42?/m0/s1. The fourth-order valence-corrected chi connectivity index (χ4v) is 9.34. The predicted octanol–water partition coefficient (Wildman–Crippen LogP) is 11.1. The van der Waals surface area contributed by atoms with Crippen molar-refractivity contribution in [3.8, 4) is 0 Å². The lowest BCUT2D eigenvalue weighted by molar-refractivity contribution is -0.186. The molecule has 0 amide bonds. The van der Waals surface area contributed by atoms with Crippen LogP contribution in [0.2, 0.25) is 36.3 Å². The molecule has 0 saturated carbocycles. The summed E-state index contributed by atoms with van der Waals surface area (Å²) in [5.41, 5.74) is -1.80. The van der Waals surface area contributed by atoms with Crippen LogP contribution in [0.25, 0.3) is 11.1 Å². The molecule has 52 heavy (non-hydrogen) atoms. The van der Waals surface area contributed by atoms with E-state index in [4.69, 9.17) is 13.3 Å². The summed E-state index contributed by atoms with van der Waals surface area (Å²) in [5, 5.41) is 23.3. The first-order valence-electron chi connectivity index (χ1n) is 19.1. The molecule has 0 saturated heterocycles. The largest absolute Gasteiger partial charge is 0.479 e. The Hall–Kier alpha value is -2.38. The average molecular weight is 758 g/mol. The first-order chi connectivity index (χ1) is 23.6. The van der Waals surface area contributed by atoms with Gasteiger partial charge in [0.15, 0.2) is 28.1 Å². The second-order valence-corrected chi connectivity index (χ2v) is 28.1. The van der Waals surface area contributed by atoms with E-state index in [2.05, 4.69) is 93.0 Å². The van der Waals surface area contributed by atoms with Gasteiger partial charge in [0, 0.05) is 12.8 Å². The van der Waals surface area contributed by atoms with Gasteiger partial charge in [-0.25, -0.2) is 9.78 Å². The van der Waals surface area contributed by atoms with E-state index in [-0.39, 0.29) is 27.3 Å². The molecule has 1 aromatic carbocycles. The van der Waals surface area contributed by atoms with Gasteiger partial charge in [0.2, 0.25) is 5.60 Å². The lowest BCUT2D eigenvalue weighted by Gasteiger charge is -2.50. The van der Waals surface area contributed by atoms with Crippen LogP contribution in [-0.4, -0.2) is 55.8 Å². The number of allylic oxidation sites excluding steroid dienone is 3. The van der Waals surface area contributed by atoms with Crippen LogP contribution in [-0.2, 0) is 24.0 Å². The maximum absolute atomic E-state index is 15.5. The maximum atomic E-state index is 15.5. The summed E-state index contributed by atoms with van der Waals surface area (Å²) in [7, 11) is -5.23. The summed E-state index contributed by atoms with van der Waals surface area (Å²) in [6, 6.07) is 4.68. The number of aryl methyl sites for hydroxylation is 1. The quantitative estimate of drug-likeness (QED) is 0.107. The van der Waals surface area contributed by atoms with E-state index in [0.29, 0.717) is 23.4 Å². The summed E-state index contributed by atoms with van der Waals surface area (Å²) < 4.78 is 19.9. The third kappa shape index (κ3) is 10.2. The number of oxazole rings is 1. The molecule has 2 rings (SSSR count). The zero-order chi connectivity index (χ0) is 40.3. The third-order valence-corrected chi connectivity index (χ3v) is 20.8. The van der Waals surface area contributed by atoms with E-state index in [1.54, 1.807) is 32.9 Å². The molecule has 1 unspecified atom stereocenters. The lowest BCUT2D eigenvalue weighted by atomic mass is 9.66. The van der Waals surface area contributed by atoms with Crippen molar-refractivity contribution in [1.29, 1.82) is 0 Å². The van der Waals surface area contributed by atoms with E-state index >= 15 is 4.79 Å². The Morgan fingerprint density at radius 3 is 2.06 bits per heavy atom. The third-order valence-electron chi connectivity index (χ3n) is 11.9. The monoisotopic (exact) mass is 757 g/mol. The molecule has 294 valence electrons. The van der Waals surface area contributed by atoms with Crippen molar-refractivity contribution in [3.05, 3.63) is 54.0 Å². The normalized spacial score (nSPS) is 17.4. The average Bonchev–Trinajstić information content (AvgIpc) is 3.38. The number of nitrogens with zero attached hydrogens (tertiary/aromatic N) is 1. The second kappa shape index (κ2) is 17.0. The molecule has 0 radical (unpaired) electrons. The fraction of sp³-hybridized carbons (Fsp3) is 0.690. The Kier molecular flexibility index (Phi) is 14.9. The molecule has 1 heterocycles. The minimum absolute atomic E-state index is 0.0178. The highest BCUT2D eigenvalue weighted by molar-refractivity contribution is 6.74. The zero-order valence-corrected chi connectivity index (χ0v) is 37.3. The molecule has 0 aliphatic heterocycles. The Balaban J connectivity index is 2.86. The van der Waals surface area contributed by atoms with Gasteiger partial charge >= 0.3 is 5.97 Å². The van der Waals surface area contributed by atoms with Crippen LogP contribution in [0.3, 0.4) is 0 Å². The maximum Gasteiger partial charge on any atom is 0.343 e. The van der Waals surface area contributed by atoms with Gasteiger partial charge in [-0.1, -0.05) is 93.0 Å². The molecule has 2 aromatic rings. The molecule has 0 aliphatic carbocycles. The minimum Gasteiger partial charge on any atom is -0.479 e. The Morgan fingerprint density at radius 2 is 1.56 bits per heavy atom. The Bertz CT molecular complexity index is 1580. The molecular weight excluding hydrogens is 687 g/mol. The molecular formula is C42H71NO7Si2. The number of hydrogen-bond acceptors (Lipinski definition) is 7. The summed E-state index contributed by atoms with van der Waals surface area (Å²) in [6.45, 7) is 36.9. The van der Waals surface area contributed by atoms with Gasteiger partial charge in [-0.15, -0.1) is 6.58 Å². The number of carbonyl (C=O) groups is 2. The number of aromatic nitrogens is 1. The molecule has 5 atom stereocenters. The summed E-state index contributed by atoms with van der Waals surface area (Å²) in [6.07, 6.45) is 6.22. The summed E-state index contributed by atoms with van der Waals surface area (Å²) >= 11 is 0. The van der Waals surface area contributed by atoms with Crippen LogP contribution in [0.4, 0.5) is 0 Å². The van der Waals surface area contributed by atoms with Crippen LogP contribution in [0.1, 0.15) is 120 Å². The fourth-order valence-electron chi connectivity index (χ4n) is 6.50. The number of carboxylic acid groups (broad SMARTS) is 1. The first-order valence-corrected chi connectivity index (χ1v) is 24.9. The van der Waals surface area contributed by atoms with Crippen molar-refractivity contribution in [2.75, 3.05) is 0 Å². The molecule has 2 N–H and O–H groups in total. The van der Waals surface area contributed by atoms with Crippen molar-refractivity contribution >= 4 is 39.5 Å². The van der Waals surface area contributed by atoms with Crippen LogP contribution in [0.15, 0.2) is 46.9 Å². The van der Waals surface area contributed by atoms with Crippen LogP contribution >= 0.6 is 0 Å². The van der Waals surface area contributed by atoms with Crippen molar-refractivity contribution in [2.45, 2.75) is 169 Å². The topological polar surface area (TPSA) is 119 Å². The van der Waals surface area contributed by atoms with Crippen LogP contribution in [0, 0.1) is 24.2 Å². The highest BCUT2D eigenvalue weighted by Gasteiger charge is 2.60. The molecule has 0 bridgehead atoms. The smallest absolute Gasteiger partial charge is 0.343 e. The summed E-state index contributed by atoms with van der Waals surface area (Å²) in [4.78, 5) is 33.4. The van der Waals surface area contributed by atoms with Gasteiger partial charge in [0.1, 0.15) is 17.4 Å². The van der Waals surface area contributed by atoms with E-state index < -0.39 is 51.7 Å². The number of Topliss-reactive ketones (excluding diaryl/α,β-unsaturated/α-hetero) is 1. The van der Waals surface area contributed by atoms with Gasteiger partial charge in [-0.3, -0.25) is 4.79 Å². The number of benzene rings is 1. The van der Waals surface area contributed by atoms with Gasteiger partial charge in [0.25, 0.3) is 0 Å². The molecule has 1 aromatic heterocycles. The molecule has 8 nitrogen and oxygen atoms in total. The highest BCUT2D eigenvalue weighted by Crippen LogP contribution is 2.48. The zero-order valence-electron chi connectivity index (χ0n) is 35.3. The molecule has 0 spiro atoms. The van der Waals surface area contributed by atoms with E-state index in [1.165, 1.54) is 17.7 Å². The molecule has 0 fully saturated rings. The van der Waals surface area contributed by atoms with E-state index in [1.807, 2.05) is 13.1 Å². The van der Waals surface area contributed by atoms with Crippen LogP contribution in [0.5, 0.6) is 0 Å². The molecule has 10 heteroatoms. The lowest BCUT2D eigenvalue weighted by Crippen LogP contribution is -2.62. The number of carbonyl (C=O) groups excluding carboxylic acids is 1. The number of carboxylic acids is 1.